The third-order valence-electron chi connectivity index (χ3n) is 6.83. The first-order valence-electron chi connectivity index (χ1n) is 13.7. The number of carbonyl (C=O) groups is 3. The van der Waals surface area contributed by atoms with Crippen LogP contribution in [-0.2, 0) is 14.3 Å². The Labute approximate surface area is 253 Å². The Morgan fingerprint density at radius 2 is 1.70 bits per heavy atom. The molecule has 1 aromatic heterocycles. The lowest BCUT2D eigenvalue weighted by molar-refractivity contribution is -0.132. The van der Waals surface area contributed by atoms with Gasteiger partial charge in [0, 0.05) is 5.56 Å². The molecular weight excluding hydrogens is 568 g/mol. The van der Waals surface area contributed by atoms with Crippen molar-refractivity contribution in [2.45, 2.75) is 32.7 Å². The van der Waals surface area contributed by atoms with Gasteiger partial charge in [-0.15, -0.1) is 0 Å². The molecule has 0 radical (unpaired) electrons. The number of carbonyl (C=O) groups excluding carboxylic acids is 3. The number of para-hydroxylation sites is 1. The smallest absolute Gasteiger partial charge is 0.350 e. The molecule has 5 rings (SSSR count). The van der Waals surface area contributed by atoms with Crippen molar-refractivity contribution in [3.63, 3.8) is 0 Å². The van der Waals surface area contributed by atoms with Gasteiger partial charge in [0.1, 0.15) is 27.9 Å². The molecule has 1 atom stereocenters. The summed E-state index contributed by atoms with van der Waals surface area (Å²) < 4.78 is 16.7. The van der Waals surface area contributed by atoms with Crippen molar-refractivity contribution < 1.29 is 33.7 Å². The number of esters is 1. The summed E-state index contributed by atoms with van der Waals surface area (Å²) in [5.41, 5.74) is 1.04. The Hall–Kier alpha value is -4.96. The predicted octanol–water partition coefficient (Wildman–Crippen LogP) is 6.84. The van der Waals surface area contributed by atoms with Gasteiger partial charge < -0.3 is 19.3 Å². The number of Topliss-reactive ketones (excluding diaryl/α,β-unsaturated/α-hetero) is 1. The Morgan fingerprint density at radius 3 is 2.44 bits per heavy atom. The lowest BCUT2D eigenvalue weighted by atomic mass is 9.95. The van der Waals surface area contributed by atoms with E-state index in [1.54, 1.807) is 67.6 Å². The minimum atomic E-state index is -1.07. The molecule has 4 aromatic rings. The third kappa shape index (κ3) is 6.14. The van der Waals surface area contributed by atoms with E-state index in [1.807, 2.05) is 18.2 Å². The van der Waals surface area contributed by atoms with E-state index in [4.69, 9.17) is 14.2 Å². The highest BCUT2D eigenvalue weighted by molar-refractivity contribution is 7.17. The number of unbranched alkanes of at least 4 members (excludes halogenated alkanes) is 1. The quantitative estimate of drug-likeness (QED) is 0.0694. The van der Waals surface area contributed by atoms with E-state index in [0.29, 0.717) is 40.7 Å². The summed E-state index contributed by atoms with van der Waals surface area (Å²) in [7, 11) is 1.26. The SMILES string of the molecule is CCCCOc1cccc(/C(O)=C2\C(=O)C(=O)N(c3nc(C)c(C(=O)OC)s3)C2c2cccc(Oc3ccccc3)c2)c1. The molecule has 3 aromatic carbocycles. The summed E-state index contributed by atoms with van der Waals surface area (Å²) in [6.07, 6.45) is 1.83. The number of thiazole rings is 1. The molecule has 1 unspecified atom stereocenters. The lowest BCUT2D eigenvalue weighted by Crippen LogP contribution is -2.29. The van der Waals surface area contributed by atoms with E-state index in [0.717, 1.165) is 24.2 Å². The highest BCUT2D eigenvalue weighted by Gasteiger charge is 2.48. The molecule has 1 fully saturated rings. The largest absolute Gasteiger partial charge is 0.507 e. The number of nitrogens with zero attached hydrogens (tertiary/aromatic N) is 2. The van der Waals surface area contributed by atoms with Crippen molar-refractivity contribution in [1.29, 1.82) is 0 Å². The topological polar surface area (TPSA) is 115 Å². The second-order valence-corrected chi connectivity index (χ2v) is 10.8. The van der Waals surface area contributed by atoms with E-state index < -0.39 is 23.7 Å². The van der Waals surface area contributed by atoms with Gasteiger partial charge in [0.15, 0.2) is 5.13 Å². The first-order chi connectivity index (χ1) is 20.8. The Bertz CT molecular complexity index is 1700. The van der Waals surface area contributed by atoms with Crippen LogP contribution in [0.1, 0.15) is 52.3 Å². The van der Waals surface area contributed by atoms with Crippen LogP contribution in [-0.4, -0.2) is 41.5 Å². The van der Waals surface area contributed by atoms with Crippen molar-refractivity contribution in [3.8, 4) is 17.2 Å². The van der Waals surface area contributed by atoms with E-state index in [9.17, 15) is 19.5 Å². The molecule has 0 bridgehead atoms. The zero-order chi connectivity index (χ0) is 30.5. The lowest BCUT2D eigenvalue weighted by Gasteiger charge is -2.23. The van der Waals surface area contributed by atoms with Crippen LogP contribution in [0.15, 0.2) is 84.4 Å². The first kappa shape index (κ1) is 29.5. The monoisotopic (exact) mass is 598 g/mol. The molecule has 1 aliphatic rings. The molecule has 2 heterocycles. The summed E-state index contributed by atoms with van der Waals surface area (Å²) in [5.74, 6) is -1.14. The molecular formula is C33H30N2O7S. The maximum absolute atomic E-state index is 13.7. The predicted molar refractivity (Wildman–Crippen MR) is 163 cm³/mol. The number of benzene rings is 3. The van der Waals surface area contributed by atoms with Gasteiger partial charge >= 0.3 is 11.9 Å². The summed E-state index contributed by atoms with van der Waals surface area (Å²) in [4.78, 5) is 45.5. The summed E-state index contributed by atoms with van der Waals surface area (Å²) in [5, 5.41) is 11.7. The Morgan fingerprint density at radius 1 is 0.977 bits per heavy atom. The minimum Gasteiger partial charge on any atom is -0.507 e. The number of hydrogen-bond acceptors (Lipinski definition) is 9. The number of rotatable bonds is 10. The van der Waals surface area contributed by atoms with E-state index >= 15 is 0 Å². The number of hydrogen-bond donors (Lipinski definition) is 1. The van der Waals surface area contributed by atoms with Crippen LogP contribution < -0.4 is 14.4 Å². The zero-order valence-electron chi connectivity index (χ0n) is 23.9. The van der Waals surface area contributed by atoms with Crippen LogP contribution in [0.3, 0.4) is 0 Å². The zero-order valence-corrected chi connectivity index (χ0v) is 24.7. The second kappa shape index (κ2) is 12.9. The number of amides is 1. The van der Waals surface area contributed by atoms with Crippen LogP contribution in [0.4, 0.5) is 5.13 Å². The van der Waals surface area contributed by atoms with Gasteiger partial charge in [-0.1, -0.05) is 67.1 Å². The second-order valence-electron chi connectivity index (χ2n) is 9.79. The van der Waals surface area contributed by atoms with Crippen molar-refractivity contribution >= 4 is 39.9 Å². The average Bonchev–Trinajstić information content (AvgIpc) is 3.53. The van der Waals surface area contributed by atoms with Crippen LogP contribution in [0.2, 0.25) is 0 Å². The molecule has 43 heavy (non-hydrogen) atoms. The number of aryl methyl sites for hydroxylation is 1. The van der Waals surface area contributed by atoms with Gasteiger partial charge in [0.25, 0.3) is 5.78 Å². The summed E-state index contributed by atoms with van der Waals surface area (Å²) >= 11 is 0.935. The number of aliphatic hydroxyl groups is 1. The van der Waals surface area contributed by atoms with E-state index in [-0.39, 0.29) is 21.3 Å². The fourth-order valence-electron chi connectivity index (χ4n) is 4.71. The molecule has 0 spiro atoms. The van der Waals surface area contributed by atoms with E-state index in [2.05, 4.69) is 11.9 Å². The minimum absolute atomic E-state index is 0.120. The van der Waals surface area contributed by atoms with Crippen LogP contribution >= 0.6 is 11.3 Å². The van der Waals surface area contributed by atoms with Gasteiger partial charge in [-0.2, -0.15) is 0 Å². The van der Waals surface area contributed by atoms with Gasteiger partial charge in [-0.05, 0) is 55.3 Å². The standard InChI is InChI=1S/C33H30N2O7S/c1-4-5-17-41-24-15-10-12-22(19-24)28(36)26-27(21-11-9-16-25(18-21)42-23-13-7-6-8-14-23)35(31(38)29(26)37)33-34-20(2)30(43-33)32(39)40-3/h6-16,18-19,27,36H,4-5,17H2,1-3H3/b28-26+. The van der Waals surface area contributed by atoms with Crippen molar-refractivity contribution in [2.24, 2.45) is 0 Å². The number of methoxy groups -OCH3 is 1. The number of ether oxygens (including phenoxy) is 3. The fourth-order valence-corrected chi connectivity index (χ4v) is 5.72. The maximum Gasteiger partial charge on any atom is 0.350 e. The highest BCUT2D eigenvalue weighted by Crippen LogP contribution is 2.45. The summed E-state index contributed by atoms with van der Waals surface area (Å²) in [6, 6.07) is 21.8. The van der Waals surface area contributed by atoms with Crippen molar-refractivity contribution in [3.05, 3.63) is 106 Å². The maximum atomic E-state index is 13.7. The van der Waals surface area contributed by atoms with Gasteiger partial charge in [0.2, 0.25) is 0 Å². The fraction of sp³-hybridized carbons (Fsp3) is 0.212. The molecule has 1 saturated heterocycles. The van der Waals surface area contributed by atoms with Gasteiger partial charge in [-0.25, -0.2) is 9.78 Å². The van der Waals surface area contributed by atoms with Crippen LogP contribution in [0.5, 0.6) is 17.2 Å². The number of aliphatic hydroxyl groups excluding tert-OH is 1. The number of ketones is 1. The highest BCUT2D eigenvalue weighted by atomic mass is 32.1. The first-order valence-corrected chi connectivity index (χ1v) is 14.6. The molecule has 0 saturated carbocycles. The molecule has 9 nitrogen and oxygen atoms in total. The average molecular weight is 599 g/mol. The normalized spacial score (nSPS) is 15.9. The Kier molecular flexibility index (Phi) is 8.87. The molecule has 10 heteroatoms. The summed E-state index contributed by atoms with van der Waals surface area (Å²) in [6.45, 7) is 4.18. The molecule has 1 amide bonds. The van der Waals surface area contributed by atoms with Gasteiger partial charge in [0.05, 0.1) is 31.0 Å². The van der Waals surface area contributed by atoms with Crippen LogP contribution in [0.25, 0.3) is 5.76 Å². The molecule has 0 aliphatic carbocycles. The molecule has 220 valence electrons. The van der Waals surface area contributed by atoms with Crippen molar-refractivity contribution in [1.82, 2.24) is 4.98 Å². The number of aromatic nitrogens is 1. The Balaban J connectivity index is 1.64. The van der Waals surface area contributed by atoms with Crippen LogP contribution in [0, 0.1) is 6.92 Å². The van der Waals surface area contributed by atoms with Crippen molar-refractivity contribution in [2.75, 3.05) is 18.6 Å². The van der Waals surface area contributed by atoms with E-state index in [1.165, 1.54) is 12.0 Å². The number of anilines is 1. The van der Waals surface area contributed by atoms with Gasteiger partial charge in [-0.3, -0.25) is 14.5 Å². The molecule has 1 N–H and O–H groups in total. The molecule has 1 aliphatic heterocycles. The third-order valence-corrected chi connectivity index (χ3v) is 7.97.